The van der Waals surface area contributed by atoms with Crippen molar-refractivity contribution in [2.45, 2.75) is 44.6 Å². The molecule has 0 unspecified atom stereocenters. The molecule has 0 saturated carbocycles. The molecule has 1 aliphatic rings. The van der Waals surface area contributed by atoms with Gasteiger partial charge in [0.05, 0.1) is 17.5 Å². The molecule has 1 heterocycles. The molecule has 29 heavy (non-hydrogen) atoms. The highest BCUT2D eigenvalue weighted by Gasteiger charge is 2.28. The third kappa shape index (κ3) is 4.79. The predicted molar refractivity (Wildman–Crippen MR) is 113 cm³/mol. The number of aryl methyl sites for hydroxylation is 1. The minimum absolute atomic E-state index is 0.170. The van der Waals surface area contributed by atoms with E-state index >= 15 is 0 Å². The molecule has 1 fully saturated rings. The number of hydrogen-bond donors (Lipinski definition) is 1. The fraction of sp³-hybridized carbons (Fsp3) is 0.409. The van der Waals surface area contributed by atoms with Crippen molar-refractivity contribution in [3.05, 3.63) is 59.2 Å². The summed E-state index contributed by atoms with van der Waals surface area (Å²) in [7, 11) is -3.56. The molecule has 7 heteroatoms. The highest BCUT2D eigenvalue weighted by Crippen LogP contribution is 2.24. The first-order valence-electron chi connectivity index (χ1n) is 9.97. The maximum Gasteiger partial charge on any atom is 0.252 e. The minimum Gasteiger partial charge on any atom is -0.494 e. The van der Waals surface area contributed by atoms with Crippen LogP contribution in [0, 0.1) is 6.92 Å². The van der Waals surface area contributed by atoms with Crippen molar-refractivity contribution in [1.82, 2.24) is 9.62 Å². The van der Waals surface area contributed by atoms with Gasteiger partial charge in [-0.3, -0.25) is 4.79 Å². The van der Waals surface area contributed by atoms with E-state index in [-0.39, 0.29) is 16.8 Å². The minimum atomic E-state index is -3.56. The molecule has 0 aromatic heterocycles. The number of carbonyl (C=O) groups is 1. The third-order valence-electron chi connectivity index (χ3n) is 5.20. The van der Waals surface area contributed by atoms with Crippen molar-refractivity contribution >= 4 is 15.9 Å². The molecule has 0 radical (unpaired) electrons. The Labute approximate surface area is 172 Å². The van der Waals surface area contributed by atoms with Crippen molar-refractivity contribution in [3.63, 3.8) is 0 Å². The second kappa shape index (κ2) is 8.97. The average molecular weight is 417 g/mol. The van der Waals surface area contributed by atoms with Crippen molar-refractivity contribution in [3.8, 4) is 5.75 Å². The first-order valence-corrected chi connectivity index (χ1v) is 11.4. The predicted octanol–water partition coefficient (Wildman–Crippen LogP) is 3.67. The number of nitrogens with one attached hydrogen (secondary N) is 1. The quantitative estimate of drug-likeness (QED) is 0.747. The summed E-state index contributed by atoms with van der Waals surface area (Å²) in [5.74, 6) is 0.493. The van der Waals surface area contributed by atoms with E-state index in [0.717, 1.165) is 29.7 Å². The molecule has 1 aliphatic heterocycles. The summed E-state index contributed by atoms with van der Waals surface area (Å²) in [5.41, 5.74) is 2.06. The lowest BCUT2D eigenvalue weighted by Crippen LogP contribution is -2.29. The topological polar surface area (TPSA) is 75.7 Å². The first kappa shape index (κ1) is 21.3. The number of hydrogen-bond acceptors (Lipinski definition) is 4. The van der Waals surface area contributed by atoms with Crippen LogP contribution < -0.4 is 10.1 Å². The standard InChI is InChI=1S/C22H28N2O4S/c1-4-28-19-10-8-18(9-11-19)17(3)23-22(25)21-15-20(12-7-16(21)2)29(26,27)24-13-5-6-14-24/h7-12,15,17H,4-6,13-14H2,1-3H3,(H,23,25)/t17-/m0/s1. The van der Waals surface area contributed by atoms with Crippen LogP contribution in [0.25, 0.3) is 0 Å². The first-order chi connectivity index (χ1) is 13.8. The van der Waals surface area contributed by atoms with Gasteiger partial charge < -0.3 is 10.1 Å². The Balaban J connectivity index is 1.78. The Kier molecular flexibility index (Phi) is 6.59. The van der Waals surface area contributed by atoms with Gasteiger partial charge in [0.2, 0.25) is 10.0 Å². The summed E-state index contributed by atoms with van der Waals surface area (Å²) in [6.45, 7) is 7.30. The lowest BCUT2D eigenvalue weighted by Gasteiger charge is -2.18. The zero-order valence-electron chi connectivity index (χ0n) is 17.1. The molecule has 1 amide bonds. The van der Waals surface area contributed by atoms with Crippen molar-refractivity contribution in [1.29, 1.82) is 0 Å². The molecule has 2 aromatic carbocycles. The van der Waals surface area contributed by atoms with Crippen LogP contribution in [0.2, 0.25) is 0 Å². The second-order valence-electron chi connectivity index (χ2n) is 7.29. The zero-order valence-corrected chi connectivity index (χ0v) is 18.0. The second-order valence-corrected chi connectivity index (χ2v) is 9.22. The number of carbonyl (C=O) groups excluding carboxylic acids is 1. The van der Waals surface area contributed by atoms with Crippen LogP contribution in [0.15, 0.2) is 47.4 Å². The van der Waals surface area contributed by atoms with E-state index in [1.54, 1.807) is 12.1 Å². The number of amides is 1. The molecule has 1 N–H and O–H groups in total. The monoisotopic (exact) mass is 416 g/mol. The van der Waals surface area contributed by atoms with Crippen LogP contribution in [-0.4, -0.2) is 38.3 Å². The third-order valence-corrected chi connectivity index (χ3v) is 7.09. The Morgan fingerprint density at radius 2 is 1.79 bits per heavy atom. The maximum absolute atomic E-state index is 12.9. The largest absolute Gasteiger partial charge is 0.494 e. The van der Waals surface area contributed by atoms with E-state index in [4.69, 9.17) is 4.74 Å². The average Bonchev–Trinajstić information content (AvgIpc) is 3.24. The maximum atomic E-state index is 12.9. The Morgan fingerprint density at radius 3 is 2.41 bits per heavy atom. The van der Waals surface area contributed by atoms with E-state index in [1.807, 2.05) is 45.0 Å². The lowest BCUT2D eigenvalue weighted by molar-refractivity contribution is 0.0939. The summed E-state index contributed by atoms with van der Waals surface area (Å²) in [5, 5.41) is 2.96. The van der Waals surface area contributed by atoms with Gasteiger partial charge in [0, 0.05) is 18.7 Å². The Morgan fingerprint density at radius 1 is 1.14 bits per heavy atom. The molecule has 0 bridgehead atoms. The van der Waals surface area contributed by atoms with E-state index in [9.17, 15) is 13.2 Å². The molecular formula is C22H28N2O4S. The SMILES string of the molecule is CCOc1ccc([C@H](C)NC(=O)c2cc(S(=O)(=O)N3CCCC3)ccc2C)cc1. The van der Waals surface area contributed by atoms with E-state index in [2.05, 4.69) is 5.32 Å². The fourth-order valence-electron chi connectivity index (χ4n) is 3.46. The number of rotatable bonds is 7. The molecule has 1 saturated heterocycles. The fourth-order valence-corrected chi connectivity index (χ4v) is 5.00. The summed E-state index contributed by atoms with van der Waals surface area (Å²) < 4.78 is 32.6. The molecule has 0 aliphatic carbocycles. The van der Waals surface area contributed by atoms with Crippen LogP contribution in [0.1, 0.15) is 54.2 Å². The van der Waals surface area contributed by atoms with Crippen LogP contribution in [0.5, 0.6) is 5.75 Å². The van der Waals surface area contributed by atoms with Crippen LogP contribution in [0.3, 0.4) is 0 Å². The van der Waals surface area contributed by atoms with Gasteiger partial charge in [-0.1, -0.05) is 18.2 Å². The van der Waals surface area contributed by atoms with Crippen LogP contribution >= 0.6 is 0 Å². The molecule has 6 nitrogen and oxygen atoms in total. The van der Waals surface area contributed by atoms with Gasteiger partial charge in [-0.05, 0) is 69.0 Å². The van der Waals surface area contributed by atoms with Crippen molar-refractivity contribution < 1.29 is 17.9 Å². The van der Waals surface area contributed by atoms with Gasteiger partial charge in [0.1, 0.15) is 5.75 Å². The van der Waals surface area contributed by atoms with Crippen LogP contribution in [-0.2, 0) is 10.0 Å². The molecule has 2 aromatic rings. The van der Waals surface area contributed by atoms with Crippen LogP contribution in [0.4, 0.5) is 0 Å². The number of nitrogens with zero attached hydrogens (tertiary/aromatic N) is 1. The highest BCUT2D eigenvalue weighted by atomic mass is 32.2. The molecule has 3 rings (SSSR count). The van der Waals surface area contributed by atoms with Gasteiger partial charge in [-0.2, -0.15) is 4.31 Å². The smallest absolute Gasteiger partial charge is 0.252 e. The molecule has 0 spiro atoms. The van der Waals surface area contributed by atoms with Gasteiger partial charge in [0.15, 0.2) is 0 Å². The Hall–Kier alpha value is -2.38. The highest BCUT2D eigenvalue weighted by molar-refractivity contribution is 7.89. The lowest BCUT2D eigenvalue weighted by atomic mass is 10.1. The zero-order chi connectivity index (χ0) is 21.0. The number of ether oxygens (including phenoxy) is 1. The molecule has 1 atom stereocenters. The Bertz CT molecular complexity index is 965. The van der Waals surface area contributed by atoms with Gasteiger partial charge in [0.25, 0.3) is 5.91 Å². The number of benzene rings is 2. The number of sulfonamides is 1. The van der Waals surface area contributed by atoms with Crippen molar-refractivity contribution in [2.75, 3.05) is 19.7 Å². The van der Waals surface area contributed by atoms with Gasteiger partial charge in [-0.15, -0.1) is 0 Å². The van der Waals surface area contributed by atoms with E-state index < -0.39 is 10.0 Å². The normalized spacial score (nSPS) is 15.8. The summed E-state index contributed by atoms with van der Waals surface area (Å²) in [4.78, 5) is 13.0. The van der Waals surface area contributed by atoms with E-state index in [1.165, 1.54) is 10.4 Å². The summed E-state index contributed by atoms with van der Waals surface area (Å²) in [6.07, 6.45) is 1.75. The molecular weight excluding hydrogens is 388 g/mol. The molecule has 156 valence electrons. The summed E-state index contributed by atoms with van der Waals surface area (Å²) >= 11 is 0. The van der Waals surface area contributed by atoms with Crippen molar-refractivity contribution in [2.24, 2.45) is 0 Å². The summed E-state index contributed by atoms with van der Waals surface area (Å²) in [6, 6.07) is 12.1. The van der Waals surface area contributed by atoms with Gasteiger partial charge >= 0.3 is 0 Å². The van der Waals surface area contributed by atoms with Gasteiger partial charge in [-0.25, -0.2) is 8.42 Å². The van der Waals surface area contributed by atoms with E-state index in [0.29, 0.717) is 25.3 Å².